The van der Waals surface area contributed by atoms with Crippen molar-refractivity contribution in [2.24, 2.45) is 5.92 Å². The fourth-order valence-electron chi connectivity index (χ4n) is 1.74. The van der Waals surface area contributed by atoms with Gasteiger partial charge in [0.25, 0.3) is 5.78 Å². The first-order valence-corrected chi connectivity index (χ1v) is 5.37. The second-order valence-corrected chi connectivity index (χ2v) is 3.95. The standard InChI is InChI=1S/C12H10O7/c13-10(12(16)17)7(11(14)15)3-6-1-2-8-9(4-6)19-5-18-8/h1-2,4,7H,3,5H2,(H,14,15)(H,16,17). The third-order valence-corrected chi connectivity index (χ3v) is 2.70. The van der Waals surface area contributed by atoms with Crippen LogP contribution in [0.3, 0.4) is 0 Å². The molecule has 1 aliphatic rings. The summed E-state index contributed by atoms with van der Waals surface area (Å²) in [6.45, 7) is 0.0786. The molecule has 0 radical (unpaired) electrons. The number of carbonyl (C=O) groups is 3. The van der Waals surface area contributed by atoms with Crippen LogP contribution in [-0.2, 0) is 20.8 Å². The van der Waals surface area contributed by atoms with Crippen LogP contribution in [0.5, 0.6) is 11.5 Å². The molecule has 2 N–H and O–H groups in total. The molecular weight excluding hydrogens is 256 g/mol. The summed E-state index contributed by atoms with van der Waals surface area (Å²) >= 11 is 0. The van der Waals surface area contributed by atoms with Crippen molar-refractivity contribution in [1.29, 1.82) is 0 Å². The van der Waals surface area contributed by atoms with E-state index in [0.29, 0.717) is 17.1 Å². The second kappa shape index (κ2) is 4.97. The molecule has 1 unspecified atom stereocenters. The van der Waals surface area contributed by atoms with E-state index in [1.807, 2.05) is 0 Å². The van der Waals surface area contributed by atoms with E-state index in [1.54, 1.807) is 12.1 Å². The van der Waals surface area contributed by atoms with Crippen molar-refractivity contribution in [1.82, 2.24) is 0 Å². The van der Waals surface area contributed by atoms with E-state index in [0.717, 1.165) is 0 Å². The third kappa shape index (κ3) is 2.65. The van der Waals surface area contributed by atoms with Gasteiger partial charge in [0.1, 0.15) is 5.92 Å². The molecule has 0 aliphatic carbocycles. The van der Waals surface area contributed by atoms with Crippen molar-refractivity contribution in [2.75, 3.05) is 6.79 Å². The highest BCUT2D eigenvalue weighted by Gasteiger charge is 2.31. The molecule has 1 heterocycles. The van der Waals surface area contributed by atoms with Crippen LogP contribution in [0, 0.1) is 5.92 Å². The van der Waals surface area contributed by atoms with Crippen molar-refractivity contribution >= 4 is 17.7 Å². The number of benzene rings is 1. The van der Waals surface area contributed by atoms with E-state index in [9.17, 15) is 14.4 Å². The molecule has 100 valence electrons. The summed E-state index contributed by atoms with van der Waals surface area (Å²) < 4.78 is 10.2. The maximum absolute atomic E-state index is 11.3. The number of hydrogen-bond donors (Lipinski definition) is 2. The van der Waals surface area contributed by atoms with Crippen LogP contribution >= 0.6 is 0 Å². The number of fused-ring (bicyclic) bond motifs is 1. The predicted molar refractivity (Wildman–Crippen MR) is 60.0 cm³/mol. The minimum atomic E-state index is -1.76. The lowest BCUT2D eigenvalue weighted by molar-refractivity contribution is -0.157. The van der Waals surface area contributed by atoms with Crippen molar-refractivity contribution in [2.45, 2.75) is 6.42 Å². The van der Waals surface area contributed by atoms with E-state index in [2.05, 4.69) is 0 Å². The van der Waals surface area contributed by atoms with Gasteiger partial charge in [-0.1, -0.05) is 6.07 Å². The molecule has 0 aromatic heterocycles. The first-order valence-electron chi connectivity index (χ1n) is 5.37. The monoisotopic (exact) mass is 266 g/mol. The number of ketones is 1. The SMILES string of the molecule is O=C(O)C(=O)C(Cc1ccc2c(c1)OCO2)C(=O)O. The number of aliphatic carboxylic acids is 2. The Morgan fingerprint density at radius 3 is 2.47 bits per heavy atom. The number of carbonyl (C=O) groups excluding carboxylic acids is 1. The zero-order valence-electron chi connectivity index (χ0n) is 9.66. The molecule has 1 aliphatic heterocycles. The molecule has 0 fully saturated rings. The van der Waals surface area contributed by atoms with E-state index >= 15 is 0 Å². The molecule has 1 aromatic rings. The quantitative estimate of drug-likeness (QED) is 0.583. The Hall–Kier alpha value is -2.57. The molecule has 0 saturated heterocycles. The van der Waals surface area contributed by atoms with E-state index < -0.39 is 23.6 Å². The van der Waals surface area contributed by atoms with Crippen molar-refractivity contribution in [3.05, 3.63) is 23.8 Å². The van der Waals surface area contributed by atoms with Crippen LogP contribution in [0.2, 0.25) is 0 Å². The van der Waals surface area contributed by atoms with E-state index in [4.69, 9.17) is 19.7 Å². The zero-order valence-corrected chi connectivity index (χ0v) is 9.66. The Morgan fingerprint density at radius 1 is 1.16 bits per heavy atom. The van der Waals surface area contributed by atoms with Gasteiger partial charge in [-0.15, -0.1) is 0 Å². The Labute approximate surface area is 107 Å². The highest BCUT2D eigenvalue weighted by atomic mass is 16.7. The van der Waals surface area contributed by atoms with Crippen molar-refractivity contribution in [3.63, 3.8) is 0 Å². The van der Waals surface area contributed by atoms with Crippen LogP contribution < -0.4 is 9.47 Å². The molecule has 0 saturated carbocycles. The summed E-state index contributed by atoms with van der Waals surface area (Å²) in [4.78, 5) is 32.8. The summed E-state index contributed by atoms with van der Waals surface area (Å²) in [6, 6.07) is 4.69. The average Bonchev–Trinajstić information content (AvgIpc) is 2.81. The first kappa shape index (κ1) is 12.9. The van der Waals surface area contributed by atoms with Gasteiger partial charge in [-0.25, -0.2) is 4.79 Å². The number of rotatable bonds is 5. The van der Waals surface area contributed by atoms with Gasteiger partial charge in [0.05, 0.1) is 0 Å². The highest BCUT2D eigenvalue weighted by Crippen LogP contribution is 2.33. The van der Waals surface area contributed by atoms with Gasteiger partial charge in [0.15, 0.2) is 11.5 Å². The normalized spacial score (nSPS) is 13.9. The largest absolute Gasteiger partial charge is 0.481 e. The molecule has 7 nitrogen and oxygen atoms in total. The molecular formula is C12H10O7. The van der Waals surface area contributed by atoms with Crippen molar-refractivity contribution < 1.29 is 34.1 Å². The van der Waals surface area contributed by atoms with Gasteiger partial charge in [-0.2, -0.15) is 0 Å². The molecule has 1 aromatic carbocycles. The first-order chi connectivity index (χ1) is 8.99. The molecule has 0 spiro atoms. The summed E-state index contributed by atoms with van der Waals surface area (Å²) in [5, 5.41) is 17.5. The maximum Gasteiger partial charge on any atom is 0.373 e. The topological polar surface area (TPSA) is 110 Å². The Kier molecular flexibility index (Phi) is 3.37. The molecule has 1 atom stereocenters. The van der Waals surface area contributed by atoms with Gasteiger partial charge in [0, 0.05) is 0 Å². The molecule has 19 heavy (non-hydrogen) atoms. The molecule has 7 heteroatoms. The Morgan fingerprint density at radius 2 is 1.84 bits per heavy atom. The smallest absolute Gasteiger partial charge is 0.373 e. The fourth-order valence-corrected chi connectivity index (χ4v) is 1.74. The van der Waals surface area contributed by atoms with Gasteiger partial charge in [-0.05, 0) is 24.1 Å². The lowest BCUT2D eigenvalue weighted by Crippen LogP contribution is -2.31. The number of Topliss-reactive ketones (excluding diaryl/α,β-unsaturated/α-hetero) is 1. The van der Waals surface area contributed by atoms with Gasteiger partial charge in [-0.3, -0.25) is 9.59 Å². The van der Waals surface area contributed by atoms with Crippen LogP contribution in [0.15, 0.2) is 18.2 Å². The highest BCUT2D eigenvalue weighted by molar-refractivity contribution is 6.37. The number of carboxylic acids is 2. The lowest BCUT2D eigenvalue weighted by Gasteiger charge is -2.09. The van der Waals surface area contributed by atoms with Crippen LogP contribution in [0.25, 0.3) is 0 Å². The lowest BCUT2D eigenvalue weighted by atomic mass is 9.95. The summed E-state index contributed by atoms with van der Waals surface area (Å²) in [7, 11) is 0. The minimum absolute atomic E-state index is 0.0786. The molecule has 0 bridgehead atoms. The Balaban J connectivity index is 2.20. The van der Waals surface area contributed by atoms with Crippen LogP contribution in [0.4, 0.5) is 0 Å². The maximum atomic E-state index is 11.3. The second-order valence-electron chi connectivity index (χ2n) is 3.95. The minimum Gasteiger partial charge on any atom is -0.481 e. The zero-order chi connectivity index (χ0) is 14.0. The number of hydrogen-bond acceptors (Lipinski definition) is 5. The van der Waals surface area contributed by atoms with Crippen molar-refractivity contribution in [3.8, 4) is 11.5 Å². The molecule has 0 amide bonds. The number of ether oxygens (including phenoxy) is 2. The van der Waals surface area contributed by atoms with E-state index in [-0.39, 0.29) is 13.2 Å². The van der Waals surface area contributed by atoms with Gasteiger partial charge in [0.2, 0.25) is 6.79 Å². The van der Waals surface area contributed by atoms with Gasteiger partial charge < -0.3 is 19.7 Å². The third-order valence-electron chi connectivity index (χ3n) is 2.70. The predicted octanol–water partition coefficient (Wildman–Crippen LogP) is 0.312. The number of carboxylic acid groups (broad SMARTS) is 2. The van der Waals surface area contributed by atoms with E-state index in [1.165, 1.54) is 6.07 Å². The molecule has 2 rings (SSSR count). The fraction of sp³-hybridized carbons (Fsp3) is 0.250. The summed E-state index contributed by atoms with van der Waals surface area (Å²) in [5.41, 5.74) is 0.492. The van der Waals surface area contributed by atoms with Gasteiger partial charge >= 0.3 is 11.9 Å². The summed E-state index contributed by atoms with van der Waals surface area (Å²) in [5.74, 6) is -5.20. The van der Waals surface area contributed by atoms with Crippen LogP contribution in [-0.4, -0.2) is 34.7 Å². The Bertz CT molecular complexity index is 549. The summed E-state index contributed by atoms with van der Waals surface area (Å²) in [6.07, 6.45) is -0.211. The average molecular weight is 266 g/mol. The van der Waals surface area contributed by atoms with Crippen LogP contribution in [0.1, 0.15) is 5.56 Å².